The summed E-state index contributed by atoms with van der Waals surface area (Å²) in [5.41, 5.74) is 5.57. The van der Waals surface area contributed by atoms with Crippen molar-refractivity contribution in [1.29, 1.82) is 5.26 Å². The van der Waals surface area contributed by atoms with E-state index in [9.17, 15) is 14.9 Å². The number of thiophene rings is 1. The molecule has 4 rings (SSSR count). The molecule has 0 aliphatic heterocycles. The van der Waals surface area contributed by atoms with Gasteiger partial charge in [-0.05, 0) is 55.2 Å². The van der Waals surface area contributed by atoms with Crippen molar-refractivity contribution in [2.75, 3.05) is 11.9 Å². The smallest absolute Gasteiger partial charge is 0.434 e. The second-order valence-electron chi connectivity index (χ2n) is 8.22. The number of anilines is 1. The van der Waals surface area contributed by atoms with Gasteiger partial charge >= 0.3 is 6.16 Å². The molecule has 3 aromatic rings. The Labute approximate surface area is 206 Å². The van der Waals surface area contributed by atoms with Gasteiger partial charge in [0.1, 0.15) is 17.7 Å². The Morgan fingerprint density at radius 1 is 1.29 bits per heavy atom. The zero-order valence-electron chi connectivity index (χ0n) is 18.8. The maximum atomic E-state index is 12.6. The summed E-state index contributed by atoms with van der Waals surface area (Å²) in [6.45, 7) is 2.45. The highest BCUT2D eigenvalue weighted by Crippen LogP contribution is 2.39. The van der Waals surface area contributed by atoms with Crippen LogP contribution in [-0.4, -0.2) is 23.7 Å². The van der Waals surface area contributed by atoms with Crippen molar-refractivity contribution in [3.05, 3.63) is 68.0 Å². The molecule has 0 saturated carbocycles. The van der Waals surface area contributed by atoms with Gasteiger partial charge in [0.2, 0.25) is 5.91 Å². The monoisotopic (exact) mass is 495 g/mol. The predicted molar refractivity (Wildman–Crippen MR) is 131 cm³/mol. The Hall–Kier alpha value is -3.22. The Morgan fingerprint density at radius 2 is 2.15 bits per heavy atom. The molecule has 2 aromatic heterocycles. The number of aryl methyl sites for hydroxylation is 2. The fourth-order valence-corrected chi connectivity index (χ4v) is 5.84. The van der Waals surface area contributed by atoms with Crippen molar-refractivity contribution in [2.45, 2.75) is 45.6 Å². The van der Waals surface area contributed by atoms with Crippen molar-refractivity contribution in [1.82, 2.24) is 4.98 Å². The summed E-state index contributed by atoms with van der Waals surface area (Å²) in [5.74, 6) is 0.0557. The third-order valence-corrected chi connectivity index (χ3v) is 7.79. The summed E-state index contributed by atoms with van der Waals surface area (Å²) in [6, 6.07) is 10.3. The number of aromatic nitrogens is 1. The van der Waals surface area contributed by atoms with Crippen molar-refractivity contribution in [3.63, 3.8) is 0 Å². The number of carbonyl (C=O) groups excluding carboxylic acids is 2. The Kier molecular flexibility index (Phi) is 7.93. The third kappa shape index (κ3) is 6.01. The van der Waals surface area contributed by atoms with E-state index >= 15 is 0 Å². The van der Waals surface area contributed by atoms with Crippen LogP contribution in [0.25, 0.3) is 0 Å². The van der Waals surface area contributed by atoms with E-state index in [0.29, 0.717) is 29.8 Å². The van der Waals surface area contributed by atoms with E-state index in [1.54, 1.807) is 11.7 Å². The topological polar surface area (TPSA) is 101 Å². The van der Waals surface area contributed by atoms with Gasteiger partial charge in [-0.3, -0.25) is 9.78 Å². The molecule has 0 fully saturated rings. The van der Waals surface area contributed by atoms with Crippen LogP contribution in [-0.2, 0) is 40.1 Å². The molecule has 0 spiro atoms. The molecule has 1 aromatic carbocycles. The summed E-state index contributed by atoms with van der Waals surface area (Å²) in [7, 11) is 0. The van der Waals surface area contributed by atoms with Gasteiger partial charge < -0.3 is 14.8 Å². The first-order valence-corrected chi connectivity index (χ1v) is 12.8. The van der Waals surface area contributed by atoms with Crippen LogP contribution in [0.5, 0.6) is 0 Å². The van der Waals surface area contributed by atoms with Crippen LogP contribution in [0, 0.1) is 24.2 Å². The number of benzene rings is 1. The highest BCUT2D eigenvalue weighted by molar-refractivity contribution is 7.16. The standard InChI is InChI=1S/C25H25N3O4S2/c1-16-4-2-3-5-18(16)7-9-23(29)28-24-21(11-26)20-8-6-17(10-22(20)34-24)13-31-25(30)32-14-19-12-27-15-33-19/h2-5,12,15,17H,6-10,13-14H2,1H3,(H,28,29). The summed E-state index contributed by atoms with van der Waals surface area (Å²) in [6.07, 6.45) is 4.21. The van der Waals surface area contributed by atoms with E-state index in [2.05, 4.69) is 16.4 Å². The van der Waals surface area contributed by atoms with Gasteiger partial charge in [-0.25, -0.2) is 4.79 Å². The molecule has 1 unspecified atom stereocenters. The molecule has 1 amide bonds. The van der Waals surface area contributed by atoms with Gasteiger partial charge in [-0.1, -0.05) is 24.3 Å². The van der Waals surface area contributed by atoms with Gasteiger partial charge in [0.05, 0.1) is 22.6 Å². The molecule has 0 saturated heterocycles. The fraction of sp³-hybridized carbons (Fsp3) is 0.360. The second-order valence-corrected chi connectivity index (χ2v) is 10.3. The van der Waals surface area contributed by atoms with E-state index in [1.807, 2.05) is 31.2 Å². The zero-order chi connectivity index (χ0) is 23.9. The Balaban J connectivity index is 1.30. The second kappa shape index (κ2) is 11.3. The fourth-order valence-electron chi connectivity index (χ4n) is 4.00. The van der Waals surface area contributed by atoms with E-state index in [-0.39, 0.29) is 25.0 Å². The van der Waals surface area contributed by atoms with Crippen LogP contribution in [0.2, 0.25) is 0 Å². The number of fused-ring (bicyclic) bond motifs is 1. The van der Waals surface area contributed by atoms with Crippen LogP contribution in [0.3, 0.4) is 0 Å². The molecule has 2 heterocycles. The number of carbonyl (C=O) groups is 2. The maximum absolute atomic E-state index is 12.6. The minimum atomic E-state index is -0.690. The molecule has 1 aliphatic carbocycles. The van der Waals surface area contributed by atoms with Gasteiger partial charge in [0.15, 0.2) is 0 Å². The molecular weight excluding hydrogens is 470 g/mol. The summed E-state index contributed by atoms with van der Waals surface area (Å²) in [4.78, 5) is 30.3. The zero-order valence-corrected chi connectivity index (χ0v) is 20.5. The number of nitriles is 1. The molecule has 176 valence electrons. The predicted octanol–water partition coefficient (Wildman–Crippen LogP) is 5.41. The number of amides is 1. The molecule has 1 aliphatic rings. The highest BCUT2D eigenvalue weighted by Gasteiger charge is 2.27. The van der Waals surface area contributed by atoms with E-state index < -0.39 is 6.16 Å². The van der Waals surface area contributed by atoms with Crippen LogP contribution in [0.4, 0.5) is 9.80 Å². The Bertz CT molecular complexity index is 1200. The van der Waals surface area contributed by atoms with Gasteiger partial charge in [-0.15, -0.1) is 22.7 Å². The van der Waals surface area contributed by atoms with Gasteiger partial charge in [0.25, 0.3) is 0 Å². The lowest BCUT2D eigenvalue weighted by molar-refractivity contribution is -0.116. The first-order valence-electron chi connectivity index (χ1n) is 11.1. The maximum Gasteiger partial charge on any atom is 0.508 e. The molecule has 0 bridgehead atoms. The van der Waals surface area contributed by atoms with Crippen molar-refractivity contribution >= 4 is 39.7 Å². The van der Waals surface area contributed by atoms with Crippen molar-refractivity contribution in [3.8, 4) is 6.07 Å². The first kappa shape index (κ1) is 23.9. The summed E-state index contributed by atoms with van der Waals surface area (Å²) >= 11 is 2.87. The minimum absolute atomic E-state index is 0.0954. The van der Waals surface area contributed by atoms with Crippen LogP contribution in [0.15, 0.2) is 36.0 Å². The Morgan fingerprint density at radius 3 is 2.91 bits per heavy atom. The quantitative estimate of drug-likeness (QED) is 0.419. The molecule has 9 heteroatoms. The van der Waals surface area contributed by atoms with Crippen molar-refractivity contribution < 1.29 is 19.1 Å². The van der Waals surface area contributed by atoms with Gasteiger partial charge in [0, 0.05) is 17.5 Å². The number of thiazole rings is 1. The largest absolute Gasteiger partial charge is 0.508 e. The average molecular weight is 496 g/mol. The third-order valence-electron chi connectivity index (χ3n) is 5.87. The number of nitrogens with one attached hydrogen (secondary N) is 1. The molecule has 34 heavy (non-hydrogen) atoms. The SMILES string of the molecule is Cc1ccccc1CCC(=O)Nc1sc2c(c1C#N)CCC(COC(=O)OCc1cncs1)C2. The molecule has 1 atom stereocenters. The molecule has 1 N–H and O–H groups in total. The van der Waals surface area contributed by atoms with E-state index in [4.69, 9.17) is 9.47 Å². The normalized spacial score (nSPS) is 14.6. The number of hydrogen-bond acceptors (Lipinski definition) is 8. The van der Waals surface area contributed by atoms with Crippen molar-refractivity contribution in [2.24, 2.45) is 5.92 Å². The first-order chi connectivity index (χ1) is 16.5. The number of ether oxygens (including phenoxy) is 2. The summed E-state index contributed by atoms with van der Waals surface area (Å²) in [5, 5.41) is 13.3. The average Bonchev–Trinajstić information content (AvgIpc) is 3.47. The lowest BCUT2D eigenvalue weighted by atomic mass is 9.88. The molecule has 0 radical (unpaired) electrons. The number of nitrogens with zero attached hydrogens (tertiary/aromatic N) is 2. The van der Waals surface area contributed by atoms with Crippen LogP contribution >= 0.6 is 22.7 Å². The van der Waals surface area contributed by atoms with E-state index in [0.717, 1.165) is 33.7 Å². The summed E-state index contributed by atoms with van der Waals surface area (Å²) < 4.78 is 10.4. The highest BCUT2D eigenvalue weighted by atomic mass is 32.1. The molecular formula is C25H25N3O4S2. The molecule has 7 nitrogen and oxygen atoms in total. The number of hydrogen-bond donors (Lipinski definition) is 1. The lowest BCUT2D eigenvalue weighted by Crippen LogP contribution is -2.20. The number of rotatable bonds is 8. The van der Waals surface area contributed by atoms with Gasteiger partial charge in [-0.2, -0.15) is 5.26 Å². The lowest BCUT2D eigenvalue weighted by Gasteiger charge is -2.21. The minimum Gasteiger partial charge on any atom is -0.434 e. The van der Waals surface area contributed by atoms with Crippen LogP contribution < -0.4 is 5.32 Å². The van der Waals surface area contributed by atoms with Crippen LogP contribution in [0.1, 0.15) is 44.8 Å². The van der Waals surface area contributed by atoms with E-state index in [1.165, 1.54) is 28.2 Å².